The highest BCUT2D eigenvalue weighted by atomic mass is 14.8. The molecule has 0 radical (unpaired) electrons. The van der Waals surface area contributed by atoms with Crippen LogP contribution < -0.4 is 5.73 Å². The lowest BCUT2D eigenvalue weighted by Gasteiger charge is -1.97. The SMILES string of the molecule is N=C(N)c1ccnc2[nH]ccc12.[2HH].[2H][2H].[2H][2H].[2H][2H].[2H][2H].[2H][2H].[2H][2H].[2H][2H].[2H][2H].[2H][2H].[2H][2H].[2H][2H].[2H][2H].[2H][2H].[2H][2H].[2H][2H].[2H][2H].[2H][2H].[2H][2H].[2H][2H].[2H][2H].[2H][2H].[2H][2H].[2H][2H]. The number of amidine groups is 1. The Hall–Kier alpha value is -1.84. The molecule has 2 rings (SSSR count). The van der Waals surface area contributed by atoms with Crippen LogP contribution in [0.2, 0.25) is 0 Å². The summed E-state index contributed by atoms with van der Waals surface area (Å²) < 4.78 is 230. The fraction of sp³-hybridized carbons (Fsp3) is 0. The van der Waals surface area contributed by atoms with E-state index >= 15 is 0 Å². The van der Waals surface area contributed by atoms with E-state index in [1.54, 1.807) is 18.5 Å². The van der Waals surface area contributed by atoms with E-state index in [9.17, 15) is 0 Å². The molecule has 0 saturated heterocycles. The Morgan fingerprint density at radius 1 is 1.67 bits per heavy atom. The molecular weight excluding hydrogens is 152 g/mol. The number of hydrogen-bond donors (Lipinski definition) is 3. The van der Waals surface area contributed by atoms with E-state index in [1.807, 2.05) is 6.07 Å². The van der Waals surface area contributed by atoms with E-state index in [-0.39, 0.29) is 7.26 Å². The summed E-state index contributed by atoms with van der Waals surface area (Å²) >= 11 is 0. The molecule has 0 amide bonds. The molecule has 12 heavy (non-hydrogen) atoms. The molecule has 2 aromatic rings. The number of aromatic amines is 1. The van der Waals surface area contributed by atoms with Gasteiger partial charge in [-0.3, -0.25) is 5.41 Å². The van der Waals surface area contributed by atoms with Crippen LogP contribution in [0.3, 0.4) is 0 Å². The van der Waals surface area contributed by atoms with Crippen LogP contribution in [0.4, 0.5) is 0 Å². The zero-order valence-electron chi connectivity index (χ0n) is 52.3. The van der Waals surface area contributed by atoms with Gasteiger partial charge in [-0.05, 0) is 12.1 Å². The van der Waals surface area contributed by atoms with Crippen molar-refractivity contribution in [3.8, 4) is 0 Å². The number of H-pyrrole nitrogens is 1. The predicted octanol–water partition coefficient (Wildman–Crippen LogP) is 6.75. The zero-order valence-corrected chi connectivity index (χ0v) is 6.33. The third-order valence-corrected chi connectivity index (χ3v) is 1.75. The van der Waals surface area contributed by atoms with Crippen molar-refractivity contribution < 1.29 is 69.7 Å². The second kappa shape index (κ2) is 2.34. The number of nitrogens with zero attached hydrogens (tertiary/aromatic N) is 1. The van der Waals surface area contributed by atoms with E-state index in [0.717, 1.165) is 16.6 Å². The molecule has 0 aliphatic rings. The number of fused-ring (bicyclic) bond motifs is 1. The standard InChI is InChI=1S/C8H8N4.24H2/c9-7(10)5-1-3-11-8-6(5)2-4-12-8;;;;;;;;;;;;;;;;;;;;;;;;/h1-4H,(H3,9,10)(H,11,12);24*1H/i;23*1+1D;1+1. The van der Waals surface area contributed by atoms with Crippen LogP contribution >= 0.6 is 0 Å². The van der Waals surface area contributed by atoms with Crippen molar-refractivity contribution >= 4 is 16.9 Å². The minimum absolute atomic E-state index is 0. The summed E-state index contributed by atoms with van der Waals surface area (Å²) in [5.41, 5.74) is 6.87. The Morgan fingerprint density at radius 2 is 2.50 bits per heavy atom. The van der Waals surface area contributed by atoms with Gasteiger partial charge in [0.1, 0.15) is 11.5 Å². The molecule has 0 aromatic carbocycles. The van der Waals surface area contributed by atoms with Crippen molar-refractivity contribution in [3.05, 3.63) is 30.1 Å². The molecule has 0 unspecified atom stereocenters. The van der Waals surface area contributed by atoms with Crippen molar-refractivity contribution in [2.75, 3.05) is 0 Å². The molecule has 0 bridgehead atoms. The van der Waals surface area contributed by atoms with Gasteiger partial charge in [0.05, 0.1) is 0 Å². The van der Waals surface area contributed by atoms with Gasteiger partial charge < -0.3 is 10.7 Å². The van der Waals surface area contributed by atoms with Crippen molar-refractivity contribution in [2.45, 2.75) is 0 Å². The highest BCUT2D eigenvalue weighted by Crippen LogP contribution is 2.13. The van der Waals surface area contributed by atoms with E-state index in [4.69, 9.17) is 79.4 Å². The summed E-state index contributed by atoms with van der Waals surface area (Å²) in [6.45, 7) is 0. The summed E-state index contributed by atoms with van der Waals surface area (Å²) in [4.78, 5) is 7.03. The molecule has 0 saturated carbocycles. The Balaban J connectivity index is -0.0000000117. The zero-order chi connectivity index (χ0) is 54.6. The van der Waals surface area contributed by atoms with Gasteiger partial charge in [-0.2, -0.15) is 0 Å². The van der Waals surface area contributed by atoms with Crippen LogP contribution in [0.15, 0.2) is 24.5 Å². The van der Waals surface area contributed by atoms with Crippen molar-refractivity contribution in [2.24, 2.45) is 5.73 Å². The lowest BCUT2D eigenvalue weighted by atomic mass is 10.2. The fourth-order valence-corrected chi connectivity index (χ4v) is 1.20. The quantitative estimate of drug-likeness (QED) is 0.389. The predicted molar refractivity (Wildman–Crippen MR) is 97.8 cm³/mol. The molecule has 4 heteroatoms. The number of rotatable bonds is 1. The van der Waals surface area contributed by atoms with Crippen molar-refractivity contribution in [1.29, 1.82) is 5.41 Å². The highest BCUT2D eigenvalue weighted by Gasteiger charge is 2.03. The maximum absolute atomic E-state index is 7.29. The average molecular weight is 256 g/mol. The monoisotopic (exact) mass is 256 g/mol. The molecule has 2 aromatic heterocycles. The summed E-state index contributed by atoms with van der Waals surface area (Å²) in [5, 5.41) is 8.19. The van der Waals surface area contributed by atoms with Gasteiger partial charge >= 0.3 is 0 Å². The van der Waals surface area contributed by atoms with Gasteiger partial charge in [-0.15, -0.1) is 0 Å². The topological polar surface area (TPSA) is 78.6 Å². The summed E-state index contributed by atoms with van der Waals surface area (Å²) in [6.07, 6.45) is 3.42. The first-order chi connectivity index (χ1) is 28.8. The molecule has 4 N–H and O–H groups in total. The second-order valence-corrected chi connectivity index (χ2v) is 2.51. The first-order valence-electron chi connectivity index (χ1n) is 26.6. The molecule has 108 valence electrons. The third kappa shape index (κ3) is 0.852. The van der Waals surface area contributed by atoms with Crippen LogP contribution in [0.25, 0.3) is 11.0 Å². The van der Waals surface area contributed by atoms with Crippen LogP contribution in [0, 0.1) is 5.41 Å². The molecule has 0 aliphatic carbocycles. The summed E-state index contributed by atoms with van der Waals surface area (Å²) in [5.74, 6) is 0.0713. The van der Waals surface area contributed by atoms with Crippen LogP contribution in [0.1, 0.15) is 75.3 Å². The fourth-order valence-electron chi connectivity index (χ4n) is 1.20. The minimum atomic E-state index is 0. The third-order valence-electron chi connectivity index (χ3n) is 1.75. The molecule has 0 fully saturated rings. The van der Waals surface area contributed by atoms with Gasteiger partial charge in [0, 0.05) is 93.1 Å². The molecule has 0 spiro atoms. The smallest absolute Gasteiger partial charge is 0.137 e. The van der Waals surface area contributed by atoms with Gasteiger partial charge in [-0.25, -0.2) is 4.98 Å². The Kier molecular flexibility index (Phi) is 0.142. The molecule has 0 aliphatic heterocycles. The maximum Gasteiger partial charge on any atom is 0.137 e. The van der Waals surface area contributed by atoms with E-state index in [0.29, 0.717) is 0 Å². The van der Waals surface area contributed by atoms with E-state index in [2.05, 4.69) is 9.97 Å². The largest absolute Gasteiger partial charge is 0.384 e. The van der Waals surface area contributed by atoms with Gasteiger partial charge in [0.2, 0.25) is 0 Å². The Bertz CT molecular complexity index is 472. The first-order valence-corrected chi connectivity index (χ1v) is 3.55. The molecule has 2 heterocycles. The van der Waals surface area contributed by atoms with Gasteiger partial charge in [0.25, 0.3) is 0 Å². The van der Waals surface area contributed by atoms with Gasteiger partial charge in [-0.1, -0.05) is 0 Å². The number of nitrogens with two attached hydrogens (primary N) is 1. The van der Waals surface area contributed by atoms with Crippen LogP contribution in [-0.4, -0.2) is 15.8 Å². The molecule has 0 atom stereocenters. The number of nitrogen functional groups attached to an aromatic ring is 1. The molecule has 4 nitrogen and oxygen atoms in total. The minimum Gasteiger partial charge on any atom is -0.384 e. The number of hydrogen-bond acceptors (Lipinski definition) is 2. The number of aromatic nitrogens is 2. The maximum atomic E-state index is 7.29. The number of pyridine rings is 1. The van der Waals surface area contributed by atoms with Crippen molar-refractivity contribution in [3.63, 3.8) is 0 Å². The second-order valence-electron chi connectivity index (χ2n) is 2.51. The Morgan fingerprint density at radius 3 is 3.25 bits per heavy atom. The van der Waals surface area contributed by atoms with E-state index in [1.165, 1.54) is 0 Å². The Labute approximate surface area is 141 Å². The molecular formula is C8H56N4. The first kappa shape index (κ1) is 0.731. The lowest BCUT2D eigenvalue weighted by molar-refractivity contribution is 1.32. The number of nitrogens with one attached hydrogen (secondary N) is 2. The normalized spacial score (nSPS) is 25.7. The highest BCUT2D eigenvalue weighted by molar-refractivity contribution is 6.05. The lowest BCUT2D eigenvalue weighted by Crippen LogP contribution is -2.11. The summed E-state index contributed by atoms with van der Waals surface area (Å²) in [6, 6.07) is 3.59. The van der Waals surface area contributed by atoms with E-state index < -0.39 is 0 Å². The van der Waals surface area contributed by atoms with Crippen LogP contribution in [-0.2, 0) is 0 Å². The summed E-state index contributed by atoms with van der Waals surface area (Å²) in [7, 11) is 0. The van der Waals surface area contributed by atoms with Gasteiger partial charge in [0.15, 0.2) is 0 Å². The van der Waals surface area contributed by atoms with Crippen LogP contribution in [0.5, 0.6) is 0 Å². The average Bonchev–Trinajstić information content (AvgIpc) is 3.92. The van der Waals surface area contributed by atoms with Crippen molar-refractivity contribution in [1.82, 2.24) is 9.97 Å².